The predicted molar refractivity (Wildman–Crippen MR) is 64.9 cm³/mol. The van der Waals surface area contributed by atoms with E-state index < -0.39 is 5.91 Å². The molecule has 1 fully saturated rings. The molecule has 2 rings (SSSR count). The van der Waals surface area contributed by atoms with Crippen LogP contribution in [0.4, 0.5) is 5.69 Å². The number of halogens is 1. The van der Waals surface area contributed by atoms with Gasteiger partial charge in [-0.2, -0.15) is 0 Å². The Morgan fingerprint density at radius 2 is 2.38 bits per heavy atom. The second-order valence-electron chi connectivity index (χ2n) is 3.89. The van der Waals surface area contributed by atoms with Gasteiger partial charge in [-0.05, 0) is 31.2 Å². The number of amides is 1. The summed E-state index contributed by atoms with van der Waals surface area (Å²) >= 11 is 6.06. The molecule has 1 aliphatic rings. The van der Waals surface area contributed by atoms with Crippen molar-refractivity contribution >= 4 is 23.2 Å². The maximum Gasteiger partial charge on any atom is 0.248 e. The summed E-state index contributed by atoms with van der Waals surface area (Å²) in [5.41, 5.74) is 6.45. The molecule has 1 aliphatic heterocycles. The number of benzene rings is 1. The third-order valence-electron chi connectivity index (χ3n) is 2.67. The number of hydrogen-bond donors (Lipinski definition) is 3. The molecular weight excluding hydrogens is 226 g/mol. The quantitative estimate of drug-likeness (QED) is 0.743. The minimum Gasteiger partial charge on any atom is -0.380 e. The molecule has 5 heteroatoms. The number of rotatable bonds is 3. The highest BCUT2D eigenvalue weighted by Gasteiger charge is 2.15. The molecule has 1 aromatic carbocycles. The topological polar surface area (TPSA) is 67.2 Å². The van der Waals surface area contributed by atoms with Gasteiger partial charge >= 0.3 is 0 Å². The van der Waals surface area contributed by atoms with Crippen LogP contribution in [-0.2, 0) is 0 Å². The maximum absolute atomic E-state index is 10.9. The van der Waals surface area contributed by atoms with E-state index in [1.54, 1.807) is 18.2 Å². The number of nitrogens with one attached hydrogen (secondary N) is 2. The molecule has 0 aliphatic carbocycles. The largest absolute Gasteiger partial charge is 0.380 e. The van der Waals surface area contributed by atoms with E-state index >= 15 is 0 Å². The first kappa shape index (κ1) is 11.2. The zero-order valence-electron chi connectivity index (χ0n) is 8.79. The van der Waals surface area contributed by atoms with Crippen molar-refractivity contribution in [3.8, 4) is 0 Å². The molecule has 0 saturated carbocycles. The lowest BCUT2D eigenvalue weighted by molar-refractivity contribution is 0.100. The van der Waals surface area contributed by atoms with Crippen molar-refractivity contribution < 1.29 is 4.79 Å². The highest BCUT2D eigenvalue weighted by atomic mass is 35.5. The Morgan fingerprint density at radius 1 is 1.56 bits per heavy atom. The Kier molecular flexibility index (Phi) is 3.31. The molecule has 0 radical (unpaired) electrons. The number of primary amides is 1. The van der Waals surface area contributed by atoms with E-state index in [1.165, 1.54) is 0 Å². The molecule has 1 aromatic rings. The van der Waals surface area contributed by atoms with Gasteiger partial charge in [0.05, 0.1) is 10.7 Å². The van der Waals surface area contributed by atoms with Crippen LogP contribution in [0.25, 0.3) is 0 Å². The highest BCUT2D eigenvalue weighted by molar-refractivity contribution is 6.33. The Labute approximate surface area is 99.2 Å². The molecule has 86 valence electrons. The standard InChI is InChI=1S/C11H14ClN3O/c12-9-5-7(11(13)16)1-2-10(9)15-8-3-4-14-6-8/h1-2,5,8,14-15H,3-4,6H2,(H2,13,16). The van der Waals surface area contributed by atoms with Crippen LogP contribution in [0, 0.1) is 0 Å². The first-order valence-electron chi connectivity index (χ1n) is 5.23. The molecule has 0 spiro atoms. The molecule has 4 N–H and O–H groups in total. The van der Waals surface area contributed by atoms with Crippen molar-refractivity contribution in [3.05, 3.63) is 28.8 Å². The van der Waals surface area contributed by atoms with E-state index in [9.17, 15) is 4.79 Å². The summed E-state index contributed by atoms with van der Waals surface area (Å²) in [6.07, 6.45) is 1.08. The average molecular weight is 240 g/mol. The smallest absolute Gasteiger partial charge is 0.248 e. The van der Waals surface area contributed by atoms with Crippen LogP contribution >= 0.6 is 11.6 Å². The minimum atomic E-state index is -0.462. The van der Waals surface area contributed by atoms with Crippen LogP contribution in [0.1, 0.15) is 16.8 Å². The van der Waals surface area contributed by atoms with E-state index in [2.05, 4.69) is 10.6 Å². The van der Waals surface area contributed by atoms with Crippen LogP contribution in [0.15, 0.2) is 18.2 Å². The van der Waals surface area contributed by atoms with Gasteiger partial charge in [-0.15, -0.1) is 0 Å². The zero-order chi connectivity index (χ0) is 11.5. The predicted octanol–water partition coefficient (Wildman–Crippen LogP) is 1.21. The van der Waals surface area contributed by atoms with Crippen LogP contribution in [-0.4, -0.2) is 25.0 Å². The number of carbonyl (C=O) groups is 1. The first-order chi connectivity index (χ1) is 7.66. The molecule has 16 heavy (non-hydrogen) atoms. The van der Waals surface area contributed by atoms with Crippen molar-refractivity contribution in [1.82, 2.24) is 5.32 Å². The monoisotopic (exact) mass is 239 g/mol. The zero-order valence-corrected chi connectivity index (χ0v) is 9.55. The van der Waals surface area contributed by atoms with Crippen LogP contribution in [0.3, 0.4) is 0 Å². The van der Waals surface area contributed by atoms with Gasteiger partial charge in [0.25, 0.3) is 0 Å². The Bertz CT molecular complexity index is 402. The van der Waals surface area contributed by atoms with Crippen molar-refractivity contribution in [1.29, 1.82) is 0 Å². The van der Waals surface area contributed by atoms with Crippen molar-refractivity contribution in [2.75, 3.05) is 18.4 Å². The van der Waals surface area contributed by atoms with Crippen LogP contribution in [0.2, 0.25) is 5.02 Å². The third kappa shape index (κ3) is 2.46. The maximum atomic E-state index is 10.9. The lowest BCUT2D eigenvalue weighted by atomic mass is 10.1. The normalized spacial score (nSPS) is 19.7. The van der Waals surface area contributed by atoms with Gasteiger partial charge in [0.15, 0.2) is 0 Å². The van der Waals surface area contributed by atoms with Gasteiger partial charge in [-0.1, -0.05) is 11.6 Å². The number of anilines is 1. The molecule has 1 atom stereocenters. The fourth-order valence-electron chi connectivity index (χ4n) is 1.78. The lowest BCUT2D eigenvalue weighted by Gasteiger charge is -2.14. The molecule has 1 saturated heterocycles. The van der Waals surface area contributed by atoms with Gasteiger partial charge < -0.3 is 16.4 Å². The van der Waals surface area contributed by atoms with Crippen LogP contribution < -0.4 is 16.4 Å². The first-order valence-corrected chi connectivity index (χ1v) is 5.61. The summed E-state index contributed by atoms with van der Waals surface area (Å²) in [7, 11) is 0. The van der Waals surface area contributed by atoms with Gasteiger partial charge in [0, 0.05) is 18.2 Å². The van der Waals surface area contributed by atoms with Gasteiger partial charge in [0.2, 0.25) is 5.91 Å². The van der Waals surface area contributed by atoms with Gasteiger partial charge in [-0.3, -0.25) is 4.79 Å². The van der Waals surface area contributed by atoms with E-state index in [-0.39, 0.29) is 0 Å². The lowest BCUT2D eigenvalue weighted by Crippen LogP contribution is -2.22. The summed E-state index contributed by atoms with van der Waals surface area (Å²) in [5, 5.41) is 7.12. The third-order valence-corrected chi connectivity index (χ3v) is 2.99. The van der Waals surface area contributed by atoms with Crippen molar-refractivity contribution in [3.63, 3.8) is 0 Å². The molecule has 0 aromatic heterocycles. The second-order valence-corrected chi connectivity index (χ2v) is 4.30. The van der Waals surface area contributed by atoms with Crippen molar-refractivity contribution in [2.45, 2.75) is 12.5 Å². The van der Waals surface area contributed by atoms with E-state index in [4.69, 9.17) is 17.3 Å². The summed E-state index contributed by atoms with van der Waals surface area (Å²) in [5.74, 6) is -0.462. The highest BCUT2D eigenvalue weighted by Crippen LogP contribution is 2.24. The van der Waals surface area contributed by atoms with E-state index in [1.807, 2.05) is 0 Å². The molecule has 1 unspecified atom stereocenters. The molecule has 4 nitrogen and oxygen atoms in total. The SMILES string of the molecule is NC(=O)c1ccc(NC2CCNC2)c(Cl)c1. The fourth-order valence-corrected chi connectivity index (χ4v) is 2.02. The van der Waals surface area contributed by atoms with E-state index in [0.29, 0.717) is 16.6 Å². The van der Waals surface area contributed by atoms with Crippen LogP contribution in [0.5, 0.6) is 0 Å². The average Bonchev–Trinajstić information content (AvgIpc) is 2.73. The summed E-state index contributed by atoms with van der Waals surface area (Å²) in [6, 6.07) is 5.46. The Morgan fingerprint density at radius 3 is 2.94 bits per heavy atom. The second kappa shape index (κ2) is 4.72. The number of hydrogen-bond acceptors (Lipinski definition) is 3. The Balaban J connectivity index is 2.12. The summed E-state index contributed by atoms with van der Waals surface area (Å²) < 4.78 is 0. The van der Waals surface area contributed by atoms with Gasteiger partial charge in [0.1, 0.15) is 0 Å². The summed E-state index contributed by atoms with van der Waals surface area (Å²) in [4.78, 5) is 10.9. The number of carbonyl (C=O) groups excluding carboxylic acids is 1. The van der Waals surface area contributed by atoms with Gasteiger partial charge in [-0.25, -0.2) is 0 Å². The fraction of sp³-hybridized carbons (Fsp3) is 0.364. The molecule has 0 bridgehead atoms. The number of nitrogens with two attached hydrogens (primary N) is 1. The summed E-state index contributed by atoms with van der Waals surface area (Å²) in [6.45, 7) is 1.96. The molecule has 1 amide bonds. The van der Waals surface area contributed by atoms with Crippen molar-refractivity contribution in [2.24, 2.45) is 5.73 Å². The molecule has 1 heterocycles. The van der Waals surface area contributed by atoms with E-state index in [0.717, 1.165) is 25.2 Å². The molecular formula is C11H14ClN3O. The minimum absolute atomic E-state index is 0.400. The Hall–Kier alpha value is -1.26.